The van der Waals surface area contributed by atoms with Gasteiger partial charge in [0.2, 0.25) is 11.8 Å². The average molecular weight is 318 g/mol. The minimum absolute atomic E-state index is 0.0773. The van der Waals surface area contributed by atoms with Crippen molar-refractivity contribution in [1.82, 2.24) is 10.2 Å². The lowest BCUT2D eigenvalue weighted by atomic mass is 9.96. The van der Waals surface area contributed by atoms with Crippen molar-refractivity contribution in [3.8, 4) is 0 Å². The molecule has 7 nitrogen and oxygen atoms in total. The van der Waals surface area contributed by atoms with Crippen LogP contribution in [0.4, 0.5) is 5.69 Å². The molecule has 1 aromatic carbocycles. The summed E-state index contributed by atoms with van der Waals surface area (Å²) in [6, 6.07) is 6.71. The molecule has 1 aromatic rings. The molecular weight excluding hydrogens is 296 g/mol. The highest BCUT2D eigenvalue weighted by molar-refractivity contribution is 5.96. The molecule has 0 spiro atoms. The first-order chi connectivity index (χ1) is 11.0. The Balaban J connectivity index is 1.81. The van der Waals surface area contributed by atoms with Crippen LogP contribution in [0.1, 0.15) is 23.2 Å². The number of nitrogens with zero attached hydrogens (tertiary/aromatic N) is 1. The molecule has 1 saturated heterocycles. The zero-order chi connectivity index (χ0) is 16.8. The summed E-state index contributed by atoms with van der Waals surface area (Å²) in [6.45, 7) is 1.66. The number of rotatable bonds is 5. The minimum Gasteiger partial charge on any atom is -0.369 e. The zero-order valence-electron chi connectivity index (χ0n) is 13.2. The van der Waals surface area contributed by atoms with Crippen molar-refractivity contribution < 1.29 is 14.4 Å². The number of nitrogens with one attached hydrogen (secondary N) is 2. The first-order valence-corrected chi connectivity index (χ1v) is 7.63. The first-order valence-electron chi connectivity index (χ1n) is 7.63. The van der Waals surface area contributed by atoms with Gasteiger partial charge < -0.3 is 16.4 Å². The Labute approximate surface area is 135 Å². The number of amides is 3. The van der Waals surface area contributed by atoms with Gasteiger partial charge in [0.25, 0.3) is 5.91 Å². The van der Waals surface area contributed by atoms with Crippen LogP contribution < -0.4 is 16.4 Å². The molecule has 0 saturated carbocycles. The molecule has 0 atom stereocenters. The van der Waals surface area contributed by atoms with Crippen LogP contribution >= 0.6 is 0 Å². The zero-order valence-corrected chi connectivity index (χ0v) is 13.2. The number of carbonyl (C=O) groups excluding carboxylic acids is 3. The summed E-state index contributed by atoms with van der Waals surface area (Å²) in [4.78, 5) is 36.6. The van der Waals surface area contributed by atoms with Gasteiger partial charge in [-0.05, 0) is 50.2 Å². The van der Waals surface area contributed by atoms with Crippen LogP contribution in [0.5, 0.6) is 0 Å². The van der Waals surface area contributed by atoms with Crippen molar-refractivity contribution in [1.29, 1.82) is 0 Å². The SMILES string of the molecule is CNC(=O)c1ccc(NC(=O)CN2CCC(C(N)=O)CC2)cc1. The van der Waals surface area contributed by atoms with Crippen molar-refractivity contribution in [2.75, 3.05) is 32.0 Å². The third kappa shape index (κ3) is 4.79. The van der Waals surface area contributed by atoms with Crippen LogP contribution in [0.3, 0.4) is 0 Å². The van der Waals surface area contributed by atoms with Gasteiger partial charge in [-0.25, -0.2) is 0 Å². The van der Waals surface area contributed by atoms with Crippen molar-refractivity contribution in [3.63, 3.8) is 0 Å². The highest BCUT2D eigenvalue weighted by atomic mass is 16.2. The van der Waals surface area contributed by atoms with E-state index in [1.54, 1.807) is 31.3 Å². The Morgan fingerprint density at radius 3 is 2.30 bits per heavy atom. The number of anilines is 1. The van der Waals surface area contributed by atoms with Gasteiger partial charge in [0.05, 0.1) is 6.54 Å². The molecule has 4 N–H and O–H groups in total. The van der Waals surface area contributed by atoms with E-state index >= 15 is 0 Å². The summed E-state index contributed by atoms with van der Waals surface area (Å²) in [5, 5.41) is 5.34. The van der Waals surface area contributed by atoms with Gasteiger partial charge in [-0.1, -0.05) is 0 Å². The number of piperidine rings is 1. The molecule has 0 aliphatic carbocycles. The third-order valence-electron chi connectivity index (χ3n) is 4.02. The Morgan fingerprint density at radius 2 is 1.78 bits per heavy atom. The molecule has 1 aliphatic heterocycles. The fourth-order valence-electron chi connectivity index (χ4n) is 2.63. The summed E-state index contributed by atoms with van der Waals surface area (Å²) in [6.07, 6.45) is 1.40. The predicted octanol–water partition coefficient (Wildman–Crippen LogP) is 0.182. The van der Waals surface area contributed by atoms with Crippen LogP contribution in [-0.4, -0.2) is 49.3 Å². The average Bonchev–Trinajstić information content (AvgIpc) is 2.55. The molecule has 7 heteroatoms. The largest absolute Gasteiger partial charge is 0.369 e. The van der Waals surface area contributed by atoms with Gasteiger partial charge in [-0.2, -0.15) is 0 Å². The number of hydrogen-bond donors (Lipinski definition) is 3. The standard InChI is InChI=1S/C16H22N4O3/c1-18-16(23)12-2-4-13(5-3-12)19-14(21)10-20-8-6-11(7-9-20)15(17)22/h2-5,11H,6-10H2,1H3,(H2,17,22)(H,18,23)(H,19,21). The Hall–Kier alpha value is -2.41. The van der Waals surface area contributed by atoms with Crippen molar-refractivity contribution in [2.24, 2.45) is 11.7 Å². The van der Waals surface area contributed by atoms with Gasteiger partial charge in [-0.3, -0.25) is 19.3 Å². The Kier molecular flexibility index (Phi) is 5.70. The molecule has 0 bridgehead atoms. The summed E-state index contributed by atoms with van der Waals surface area (Å²) in [7, 11) is 1.57. The topological polar surface area (TPSA) is 105 Å². The van der Waals surface area contributed by atoms with Crippen LogP contribution in [0, 0.1) is 5.92 Å². The van der Waals surface area contributed by atoms with E-state index in [2.05, 4.69) is 10.6 Å². The van der Waals surface area contributed by atoms with E-state index in [4.69, 9.17) is 5.73 Å². The van der Waals surface area contributed by atoms with Crippen molar-refractivity contribution in [2.45, 2.75) is 12.8 Å². The third-order valence-corrected chi connectivity index (χ3v) is 4.02. The summed E-state index contributed by atoms with van der Waals surface area (Å²) >= 11 is 0. The molecular formula is C16H22N4O3. The van der Waals surface area contributed by atoms with Gasteiger partial charge >= 0.3 is 0 Å². The van der Waals surface area contributed by atoms with Gasteiger partial charge in [0.15, 0.2) is 0 Å². The molecule has 3 amide bonds. The first kappa shape index (κ1) is 17.0. The van der Waals surface area contributed by atoms with Crippen molar-refractivity contribution >= 4 is 23.4 Å². The van der Waals surface area contributed by atoms with Crippen LogP contribution in [-0.2, 0) is 9.59 Å². The molecule has 1 heterocycles. The van der Waals surface area contributed by atoms with E-state index in [1.165, 1.54) is 0 Å². The molecule has 1 fully saturated rings. The molecule has 1 aliphatic rings. The fraction of sp³-hybridized carbons (Fsp3) is 0.438. The second-order valence-electron chi connectivity index (χ2n) is 5.66. The van der Waals surface area contributed by atoms with E-state index in [0.717, 1.165) is 0 Å². The molecule has 2 rings (SSSR count). The van der Waals surface area contributed by atoms with Gasteiger partial charge in [-0.15, -0.1) is 0 Å². The van der Waals surface area contributed by atoms with E-state index in [1.807, 2.05) is 4.90 Å². The van der Waals surface area contributed by atoms with Crippen LogP contribution in [0.25, 0.3) is 0 Å². The normalized spacial score (nSPS) is 15.9. The number of nitrogens with two attached hydrogens (primary N) is 1. The number of benzene rings is 1. The molecule has 0 aromatic heterocycles. The molecule has 23 heavy (non-hydrogen) atoms. The lowest BCUT2D eigenvalue weighted by molar-refractivity contribution is -0.123. The highest BCUT2D eigenvalue weighted by Crippen LogP contribution is 2.16. The maximum absolute atomic E-state index is 12.0. The molecule has 0 radical (unpaired) electrons. The van der Waals surface area contributed by atoms with E-state index < -0.39 is 0 Å². The fourth-order valence-corrected chi connectivity index (χ4v) is 2.63. The minimum atomic E-state index is -0.259. The Bertz CT molecular complexity index is 577. The number of hydrogen-bond acceptors (Lipinski definition) is 4. The van der Waals surface area contributed by atoms with Gasteiger partial charge in [0, 0.05) is 24.2 Å². The number of primary amides is 1. The van der Waals surface area contributed by atoms with E-state index in [0.29, 0.717) is 37.2 Å². The summed E-state index contributed by atoms with van der Waals surface area (Å²) in [5.74, 6) is -0.618. The quantitative estimate of drug-likeness (QED) is 0.720. The monoisotopic (exact) mass is 318 g/mol. The smallest absolute Gasteiger partial charge is 0.251 e. The Morgan fingerprint density at radius 1 is 1.17 bits per heavy atom. The second-order valence-corrected chi connectivity index (χ2v) is 5.66. The van der Waals surface area contributed by atoms with Crippen LogP contribution in [0.15, 0.2) is 24.3 Å². The molecule has 124 valence electrons. The lowest BCUT2D eigenvalue weighted by Crippen LogP contribution is -2.42. The maximum atomic E-state index is 12.0. The van der Waals surface area contributed by atoms with Crippen LogP contribution in [0.2, 0.25) is 0 Å². The maximum Gasteiger partial charge on any atom is 0.251 e. The van der Waals surface area contributed by atoms with Gasteiger partial charge in [0.1, 0.15) is 0 Å². The summed E-state index contributed by atoms with van der Waals surface area (Å²) in [5.41, 5.74) is 6.48. The second kappa shape index (κ2) is 7.73. The van der Waals surface area contributed by atoms with E-state index in [-0.39, 0.29) is 30.2 Å². The van der Waals surface area contributed by atoms with E-state index in [9.17, 15) is 14.4 Å². The predicted molar refractivity (Wildman–Crippen MR) is 86.8 cm³/mol. The highest BCUT2D eigenvalue weighted by Gasteiger charge is 2.24. The number of likely N-dealkylation sites (tertiary alicyclic amines) is 1. The summed E-state index contributed by atoms with van der Waals surface area (Å²) < 4.78 is 0. The lowest BCUT2D eigenvalue weighted by Gasteiger charge is -2.29. The number of carbonyl (C=O) groups is 3. The van der Waals surface area contributed by atoms with Crippen molar-refractivity contribution in [3.05, 3.63) is 29.8 Å². The molecule has 0 unspecified atom stereocenters.